The van der Waals surface area contributed by atoms with Crippen LogP contribution in [-0.2, 0) is 33.2 Å². The van der Waals surface area contributed by atoms with Gasteiger partial charge >= 0.3 is 5.97 Å². The highest BCUT2D eigenvalue weighted by Gasteiger charge is 2.70. The topological polar surface area (TPSA) is 315 Å². The normalized spacial score (nSPS) is 56.7. The van der Waals surface area contributed by atoms with Gasteiger partial charge in [-0.3, -0.25) is 0 Å². The summed E-state index contributed by atoms with van der Waals surface area (Å²) >= 11 is 0. The number of rotatable bonds is 10. The highest BCUT2D eigenvalue weighted by atomic mass is 16.8. The molecule has 4 saturated carbocycles. The quantitative estimate of drug-likeness (QED) is 0.0986. The first-order chi connectivity index (χ1) is 31.3. The minimum atomic E-state index is -2.08. The third kappa shape index (κ3) is 8.01. The molecular formula is C48H78O19. The van der Waals surface area contributed by atoms with Gasteiger partial charge in [-0.15, -0.1) is 0 Å². The van der Waals surface area contributed by atoms with Gasteiger partial charge in [-0.05, 0) is 104 Å². The maximum Gasteiger partial charge on any atom is 0.335 e. The van der Waals surface area contributed by atoms with Gasteiger partial charge in [-0.25, -0.2) is 4.79 Å². The van der Waals surface area contributed by atoms with Crippen molar-refractivity contribution in [2.45, 2.75) is 211 Å². The fourth-order valence-corrected chi connectivity index (χ4v) is 15.1. The molecule has 3 saturated heterocycles. The Labute approximate surface area is 392 Å². The van der Waals surface area contributed by atoms with Gasteiger partial charge < -0.3 is 89.7 Å². The number of carbonyl (C=O) groups is 1. The zero-order valence-electron chi connectivity index (χ0n) is 39.8. The molecule has 8 rings (SSSR count). The first kappa shape index (κ1) is 51.9. The molecule has 0 spiro atoms. The molecule has 3 aliphatic heterocycles. The van der Waals surface area contributed by atoms with Gasteiger partial charge in [0.1, 0.15) is 61.0 Å². The van der Waals surface area contributed by atoms with Crippen molar-refractivity contribution >= 4 is 5.97 Å². The molecule has 0 aromatic rings. The number of carboxylic acid groups (broad SMARTS) is 1. The van der Waals surface area contributed by atoms with E-state index in [1.54, 1.807) is 0 Å². The molecule has 384 valence electrons. The molecule has 0 amide bonds. The minimum absolute atomic E-state index is 0.0116. The van der Waals surface area contributed by atoms with Crippen LogP contribution in [0.1, 0.15) is 106 Å². The summed E-state index contributed by atoms with van der Waals surface area (Å²) in [6.07, 6.45) is -18.8. The van der Waals surface area contributed by atoms with Crippen LogP contribution in [0.3, 0.4) is 0 Å². The van der Waals surface area contributed by atoms with Gasteiger partial charge in [-0.1, -0.05) is 53.2 Å². The SMILES string of the molecule is C[C@@H]1O[C@@H](O[C@H]2[C@H](O[C@H]3[C@H](O[C@H]4CC[C@@]5(C)[C@@H](CC[C@]6(C)[C@@H]5CC=C5[C@@H]7C[C@@](C)(CO)C[C@@H](O)[C@]7(C)CC[C@]56C)[C@@]4(C)CO)O[C@H](C(=O)O)[C@@H](O)[C@@H]3O)O[C@H](CO)[C@H](O)[C@@H]2O)[C@H](O)[C@H](O)[C@H]1O. The van der Waals surface area contributed by atoms with Crippen molar-refractivity contribution in [3.05, 3.63) is 11.6 Å². The second-order valence-electron chi connectivity index (χ2n) is 23.4. The Morgan fingerprint density at radius 3 is 1.93 bits per heavy atom. The maximum absolute atomic E-state index is 12.5. The van der Waals surface area contributed by atoms with Crippen LogP contribution in [0, 0.1) is 50.2 Å². The fraction of sp³-hybridized carbons (Fsp3) is 0.938. The smallest absolute Gasteiger partial charge is 0.335 e. The van der Waals surface area contributed by atoms with E-state index in [2.05, 4.69) is 40.7 Å². The van der Waals surface area contributed by atoms with Crippen molar-refractivity contribution in [3.63, 3.8) is 0 Å². The van der Waals surface area contributed by atoms with E-state index in [9.17, 15) is 66.1 Å². The summed E-state index contributed by atoms with van der Waals surface area (Å²) in [5, 5.41) is 130. The summed E-state index contributed by atoms with van der Waals surface area (Å²) in [5.74, 6) is -1.41. The van der Waals surface area contributed by atoms with Gasteiger partial charge in [0, 0.05) is 17.4 Å². The van der Waals surface area contributed by atoms with E-state index in [0.717, 1.165) is 38.5 Å². The number of allylic oxidation sites excluding steroid dienone is 2. The Morgan fingerprint density at radius 2 is 1.30 bits per heavy atom. The van der Waals surface area contributed by atoms with Gasteiger partial charge in [0.25, 0.3) is 0 Å². The number of ether oxygens (including phenoxy) is 6. The fourth-order valence-electron chi connectivity index (χ4n) is 15.1. The second kappa shape index (κ2) is 18.2. The highest BCUT2D eigenvalue weighted by Crippen LogP contribution is 2.76. The molecule has 12 N–H and O–H groups in total. The number of fused-ring (bicyclic) bond motifs is 7. The van der Waals surface area contributed by atoms with Crippen LogP contribution < -0.4 is 0 Å². The predicted octanol–water partition coefficient (Wildman–Crippen LogP) is -0.323. The van der Waals surface area contributed by atoms with Crippen molar-refractivity contribution in [2.75, 3.05) is 19.8 Å². The summed E-state index contributed by atoms with van der Waals surface area (Å²) in [4.78, 5) is 12.5. The Balaban J connectivity index is 1.08. The number of hydrogen-bond acceptors (Lipinski definition) is 18. The average molecular weight is 959 g/mol. The molecule has 7 fully saturated rings. The highest BCUT2D eigenvalue weighted by molar-refractivity contribution is 5.73. The first-order valence-corrected chi connectivity index (χ1v) is 24.4. The summed E-state index contributed by atoms with van der Waals surface area (Å²) in [7, 11) is 0. The summed E-state index contributed by atoms with van der Waals surface area (Å²) in [6.45, 7) is 13.6. The largest absolute Gasteiger partial charge is 0.479 e. The second-order valence-corrected chi connectivity index (χ2v) is 23.4. The van der Waals surface area contributed by atoms with Crippen molar-refractivity contribution in [1.29, 1.82) is 0 Å². The van der Waals surface area contributed by atoms with Crippen LogP contribution in [-0.4, -0.2) is 191 Å². The predicted molar refractivity (Wildman–Crippen MR) is 232 cm³/mol. The van der Waals surface area contributed by atoms with E-state index >= 15 is 0 Å². The molecule has 0 unspecified atom stereocenters. The summed E-state index contributed by atoms with van der Waals surface area (Å²) in [6, 6.07) is 0. The van der Waals surface area contributed by atoms with Crippen LogP contribution in [0.2, 0.25) is 0 Å². The van der Waals surface area contributed by atoms with E-state index < -0.39 is 122 Å². The van der Waals surface area contributed by atoms with Gasteiger partial charge in [0.2, 0.25) is 0 Å². The van der Waals surface area contributed by atoms with Gasteiger partial charge in [-0.2, -0.15) is 0 Å². The van der Waals surface area contributed by atoms with E-state index in [4.69, 9.17) is 28.4 Å². The Hall–Kier alpha value is -1.47. The third-order valence-electron chi connectivity index (χ3n) is 19.8. The number of aliphatic carboxylic acids is 1. The number of carboxylic acids is 1. The molecule has 67 heavy (non-hydrogen) atoms. The number of hydrogen-bond donors (Lipinski definition) is 12. The van der Waals surface area contributed by atoms with Crippen LogP contribution >= 0.6 is 0 Å². The van der Waals surface area contributed by atoms with Gasteiger partial charge in [0.15, 0.2) is 25.0 Å². The molecule has 8 aliphatic rings. The number of aliphatic hydroxyl groups is 11. The van der Waals surface area contributed by atoms with E-state index in [1.165, 1.54) is 12.5 Å². The lowest BCUT2D eigenvalue weighted by atomic mass is 9.33. The molecule has 0 bridgehead atoms. The van der Waals surface area contributed by atoms with Crippen LogP contribution in [0.25, 0.3) is 0 Å². The minimum Gasteiger partial charge on any atom is -0.479 e. The maximum atomic E-state index is 12.5. The van der Waals surface area contributed by atoms with Crippen LogP contribution in [0.5, 0.6) is 0 Å². The standard InChI is InChI=1S/C48H78O19/c1-21-29(53)31(55)35(59)40(62-21)66-37-32(56)30(54)24(18-49)63-41(37)67-38-34(58)33(57)36(39(60)61)65-42(38)64-28-11-12-45(4)25(46(28,5)20-51)10-13-48(7)26(45)9-8-22-23-16-43(2,19-50)17-27(52)44(23,3)14-15-47(22,48)6/h8,21,23-38,40-42,49-59H,9-20H2,1-7H3,(H,60,61)/t21-,23-,24+,25+,26+,27+,28-,29-,30-,31+,32-,33-,34-,35+,36-,37+,38+,40-,41-,42+,43+,44+,45-,46+,47+,48+/m0/s1. The van der Waals surface area contributed by atoms with Crippen LogP contribution in [0.4, 0.5) is 0 Å². The van der Waals surface area contributed by atoms with E-state index in [1.807, 2.05) is 6.92 Å². The lowest BCUT2D eigenvalue weighted by Gasteiger charge is -2.72. The van der Waals surface area contributed by atoms with Crippen molar-refractivity contribution in [2.24, 2.45) is 50.2 Å². The molecule has 3 heterocycles. The summed E-state index contributed by atoms with van der Waals surface area (Å²) in [5.41, 5.74) is -0.887. The zero-order chi connectivity index (χ0) is 49.1. The molecular weight excluding hydrogens is 881 g/mol. The molecule has 0 aromatic carbocycles. The molecule has 26 atom stereocenters. The summed E-state index contributed by atoms with van der Waals surface area (Å²) < 4.78 is 36.2. The van der Waals surface area contributed by atoms with Crippen molar-refractivity contribution in [3.8, 4) is 0 Å². The molecule has 0 radical (unpaired) electrons. The lowest BCUT2D eigenvalue weighted by Crippen LogP contribution is -2.68. The van der Waals surface area contributed by atoms with Crippen LogP contribution in [0.15, 0.2) is 11.6 Å². The first-order valence-electron chi connectivity index (χ1n) is 24.4. The monoisotopic (exact) mass is 959 g/mol. The van der Waals surface area contributed by atoms with Crippen molar-refractivity contribution < 1.29 is 94.5 Å². The Kier molecular flexibility index (Phi) is 14.1. The third-order valence-corrected chi connectivity index (χ3v) is 19.8. The molecule has 0 aromatic heterocycles. The van der Waals surface area contributed by atoms with Gasteiger partial charge in [0.05, 0.1) is 31.5 Å². The van der Waals surface area contributed by atoms with E-state index in [0.29, 0.717) is 19.3 Å². The number of aliphatic hydroxyl groups excluding tert-OH is 11. The lowest BCUT2D eigenvalue weighted by molar-refractivity contribution is -0.396. The molecule has 5 aliphatic carbocycles. The average Bonchev–Trinajstić information content (AvgIpc) is 3.28. The van der Waals surface area contributed by atoms with Crippen molar-refractivity contribution in [1.82, 2.24) is 0 Å². The zero-order valence-corrected chi connectivity index (χ0v) is 39.8. The Bertz CT molecular complexity index is 1840. The van der Waals surface area contributed by atoms with E-state index in [-0.39, 0.29) is 58.0 Å². The molecule has 19 heteroatoms. The Morgan fingerprint density at radius 1 is 0.657 bits per heavy atom. The molecule has 19 nitrogen and oxygen atoms in total.